The van der Waals surface area contributed by atoms with Gasteiger partial charge in [-0.25, -0.2) is 4.98 Å². The number of aromatic nitrogens is 2. The number of nitrogens with zero attached hydrogens (tertiary/aromatic N) is 2. The number of imide groups is 1. The fourth-order valence-corrected chi connectivity index (χ4v) is 8.36. The van der Waals surface area contributed by atoms with E-state index < -0.39 is 11.9 Å². The van der Waals surface area contributed by atoms with Crippen LogP contribution in [0.3, 0.4) is 0 Å². The lowest BCUT2D eigenvalue weighted by Crippen LogP contribution is -2.58. The molecule has 2 amide bonds. The van der Waals surface area contributed by atoms with E-state index in [-0.39, 0.29) is 17.9 Å². The highest BCUT2D eigenvalue weighted by Gasteiger charge is 2.50. The van der Waals surface area contributed by atoms with Gasteiger partial charge in [-0.2, -0.15) is 0 Å². The molecule has 7 rings (SSSR count). The van der Waals surface area contributed by atoms with Crippen LogP contribution < -0.4 is 20.9 Å². The predicted molar refractivity (Wildman–Crippen MR) is 150 cm³/mol. The van der Waals surface area contributed by atoms with Crippen LogP contribution in [-0.2, 0) is 9.59 Å². The normalized spacial score (nSPS) is 29.7. The Morgan fingerprint density at radius 3 is 2.41 bits per heavy atom. The Labute approximate surface area is 230 Å². The van der Waals surface area contributed by atoms with Gasteiger partial charge in [0.05, 0.1) is 12.1 Å². The van der Waals surface area contributed by atoms with Crippen molar-refractivity contribution in [3.63, 3.8) is 0 Å². The van der Waals surface area contributed by atoms with Gasteiger partial charge in [0.1, 0.15) is 23.0 Å². The van der Waals surface area contributed by atoms with Crippen molar-refractivity contribution in [1.82, 2.24) is 20.2 Å². The van der Waals surface area contributed by atoms with Crippen LogP contribution >= 0.6 is 0 Å². The number of nitrogens with one attached hydrogen (secondary N) is 2. The average molecular weight is 535 g/mol. The molecule has 39 heavy (non-hydrogen) atoms. The Bertz CT molecular complexity index is 1270. The van der Waals surface area contributed by atoms with E-state index in [2.05, 4.69) is 15.6 Å². The maximum absolute atomic E-state index is 13.5. The van der Waals surface area contributed by atoms with Crippen LogP contribution in [0.4, 0.5) is 0 Å². The number of hydrogen-bond donors (Lipinski definition) is 2. The van der Waals surface area contributed by atoms with Crippen LogP contribution in [-0.4, -0.2) is 40.1 Å². The first-order valence-corrected chi connectivity index (χ1v) is 15.1. The van der Waals surface area contributed by atoms with E-state index in [4.69, 9.17) is 4.74 Å². The third kappa shape index (κ3) is 5.49. The molecule has 4 aliphatic carbocycles. The second-order valence-electron chi connectivity index (χ2n) is 12.7. The van der Waals surface area contributed by atoms with Crippen molar-refractivity contribution in [3.05, 3.63) is 34.4 Å². The standard InChI is InChI=1S/C31H42N4O4/c1-20-33-24-8-7-9-26(28(24)30(38)35(20)25-10-11-27(36)34-29(25)37)39-13-6-4-2-3-5-12-32-31-17-21-14-22(18-31)16-23(15-21)19-31/h7-9,21-23,25,32H,2-6,10-19H2,1H3,(H,34,36,37)/t21?,22?,23?,25-,31?/m1/s1. The van der Waals surface area contributed by atoms with E-state index >= 15 is 0 Å². The highest BCUT2D eigenvalue weighted by molar-refractivity contribution is 5.99. The Morgan fingerprint density at radius 2 is 1.69 bits per heavy atom. The largest absolute Gasteiger partial charge is 0.493 e. The second kappa shape index (κ2) is 11.0. The molecule has 1 atom stereocenters. The number of rotatable bonds is 11. The summed E-state index contributed by atoms with van der Waals surface area (Å²) in [6, 6.07) is 4.70. The molecule has 0 radical (unpaired) electrons. The summed E-state index contributed by atoms with van der Waals surface area (Å²) < 4.78 is 7.48. The van der Waals surface area contributed by atoms with Crippen LogP contribution in [0.25, 0.3) is 10.9 Å². The number of benzene rings is 1. The zero-order valence-electron chi connectivity index (χ0n) is 23.2. The van der Waals surface area contributed by atoms with E-state index in [1.807, 2.05) is 6.07 Å². The highest BCUT2D eigenvalue weighted by atomic mass is 16.5. The van der Waals surface area contributed by atoms with Gasteiger partial charge in [0.25, 0.3) is 5.56 Å². The fourth-order valence-electron chi connectivity index (χ4n) is 8.36. The van der Waals surface area contributed by atoms with E-state index in [0.29, 0.717) is 41.0 Å². The molecule has 5 aliphatic rings. The van der Waals surface area contributed by atoms with E-state index in [1.165, 1.54) is 62.4 Å². The molecular formula is C31H42N4O4. The van der Waals surface area contributed by atoms with Gasteiger partial charge in [-0.05, 0) is 101 Å². The molecule has 8 nitrogen and oxygen atoms in total. The number of ether oxygens (including phenoxy) is 1. The minimum Gasteiger partial charge on any atom is -0.493 e. The van der Waals surface area contributed by atoms with Gasteiger partial charge >= 0.3 is 0 Å². The SMILES string of the molecule is Cc1nc2cccc(OCCCCCCCNC34CC5CC(CC(C5)C3)C4)c2c(=O)n1[C@@H]1CCC(=O)NC1=O. The van der Waals surface area contributed by atoms with Crippen molar-refractivity contribution in [2.45, 2.75) is 102 Å². The summed E-state index contributed by atoms with van der Waals surface area (Å²) in [5.74, 6) is 3.17. The van der Waals surface area contributed by atoms with Crippen molar-refractivity contribution >= 4 is 22.7 Å². The van der Waals surface area contributed by atoms with Gasteiger partial charge in [-0.1, -0.05) is 25.3 Å². The zero-order chi connectivity index (χ0) is 27.0. The van der Waals surface area contributed by atoms with Crippen molar-refractivity contribution < 1.29 is 14.3 Å². The maximum atomic E-state index is 13.5. The van der Waals surface area contributed by atoms with E-state index in [0.717, 1.165) is 37.1 Å². The molecule has 1 aliphatic heterocycles. The Hall–Kier alpha value is -2.74. The lowest BCUT2D eigenvalue weighted by Gasteiger charge is -2.57. The topological polar surface area (TPSA) is 102 Å². The molecule has 4 bridgehead atoms. The Morgan fingerprint density at radius 1 is 1.00 bits per heavy atom. The molecule has 1 aromatic heterocycles. The number of fused-ring (bicyclic) bond motifs is 1. The molecule has 210 valence electrons. The number of unbranched alkanes of at least 4 members (excludes halogenated alkanes) is 4. The second-order valence-corrected chi connectivity index (χ2v) is 12.7. The molecule has 1 aromatic carbocycles. The molecule has 2 aromatic rings. The first-order chi connectivity index (χ1) is 18.9. The highest BCUT2D eigenvalue weighted by Crippen LogP contribution is 2.55. The summed E-state index contributed by atoms with van der Waals surface area (Å²) in [4.78, 5) is 42.1. The minimum absolute atomic E-state index is 0.205. The molecule has 0 unspecified atom stereocenters. The van der Waals surface area contributed by atoms with Gasteiger partial charge in [0, 0.05) is 12.0 Å². The summed E-state index contributed by atoms with van der Waals surface area (Å²) in [5.41, 5.74) is 0.727. The number of carbonyl (C=O) groups is 2. The summed E-state index contributed by atoms with van der Waals surface area (Å²) in [5, 5.41) is 6.74. The van der Waals surface area contributed by atoms with Crippen LogP contribution in [0.1, 0.15) is 95.3 Å². The monoisotopic (exact) mass is 534 g/mol. The number of amides is 2. The summed E-state index contributed by atoms with van der Waals surface area (Å²) in [6.45, 7) is 3.40. The molecule has 0 spiro atoms. The molecular weight excluding hydrogens is 492 g/mol. The minimum atomic E-state index is -0.738. The Kier molecular flexibility index (Phi) is 7.49. The quantitative estimate of drug-likeness (QED) is 0.323. The molecule has 2 heterocycles. The van der Waals surface area contributed by atoms with Gasteiger partial charge in [0.2, 0.25) is 11.8 Å². The maximum Gasteiger partial charge on any atom is 0.265 e. The van der Waals surface area contributed by atoms with E-state index in [1.54, 1.807) is 19.1 Å². The van der Waals surface area contributed by atoms with Gasteiger partial charge in [-0.15, -0.1) is 0 Å². The summed E-state index contributed by atoms with van der Waals surface area (Å²) >= 11 is 0. The lowest BCUT2D eigenvalue weighted by atomic mass is 9.53. The first-order valence-electron chi connectivity index (χ1n) is 15.1. The van der Waals surface area contributed by atoms with E-state index in [9.17, 15) is 14.4 Å². The third-order valence-electron chi connectivity index (χ3n) is 9.71. The summed E-state index contributed by atoms with van der Waals surface area (Å²) in [7, 11) is 0. The lowest BCUT2D eigenvalue weighted by molar-refractivity contribution is -0.135. The van der Waals surface area contributed by atoms with Crippen molar-refractivity contribution in [2.75, 3.05) is 13.2 Å². The molecule has 2 N–H and O–H groups in total. The van der Waals surface area contributed by atoms with Crippen LogP contribution in [0.2, 0.25) is 0 Å². The smallest absolute Gasteiger partial charge is 0.265 e. The first kappa shape index (κ1) is 26.5. The van der Waals surface area contributed by atoms with Crippen LogP contribution in [0.5, 0.6) is 5.75 Å². The molecule has 5 fully saturated rings. The van der Waals surface area contributed by atoms with Crippen molar-refractivity contribution in [1.29, 1.82) is 0 Å². The van der Waals surface area contributed by atoms with Crippen LogP contribution in [0, 0.1) is 24.7 Å². The zero-order valence-corrected chi connectivity index (χ0v) is 23.2. The predicted octanol–water partition coefficient (Wildman–Crippen LogP) is 4.57. The number of hydrogen-bond acceptors (Lipinski definition) is 6. The third-order valence-corrected chi connectivity index (χ3v) is 9.71. The van der Waals surface area contributed by atoms with Crippen LogP contribution in [0.15, 0.2) is 23.0 Å². The van der Waals surface area contributed by atoms with Crippen molar-refractivity contribution in [2.24, 2.45) is 17.8 Å². The average Bonchev–Trinajstić information content (AvgIpc) is 2.88. The molecule has 1 saturated heterocycles. The molecule has 4 saturated carbocycles. The number of aryl methyl sites for hydroxylation is 1. The number of carbonyl (C=O) groups excluding carboxylic acids is 2. The number of piperidine rings is 1. The fraction of sp³-hybridized carbons (Fsp3) is 0.677. The Balaban J connectivity index is 0.973. The molecule has 8 heteroatoms. The van der Waals surface area contributed by atoms with Gasteiger partial charge in [0.15, 0.2) is 0 Å². The van der Waals surface area contributed by atoms with Gasteiger partial charge < -0.3 is 10.1 Å². The van der Waals surface area contributed by atoms with Gasteiger partial charge in [-0.3, -0.25) is 24.3 Å². The van der Waals surface area contributed by atoms with Crippen molar-refractivity contribution in [3.8, 4) is 5.75 Å². The summed E-state index contributed by atoms with van der Waals surface area (Å²) in [6.07, 6.45) is 14.9.